The minimum absolute atomic E-state index is 0.260. The highest BCUT2D eigenvalue weighted by Gasteiger charge is 2.26. The number of methoxy groups -OCH3 is 1. The van der Waals surface area contributed by atoms with Gasteiger partial charge >= 0.3 is 0 Å². The van der Waals surface area contributed by atoms with Crippen molar-refractivity contribution in [1.29, 1.82) is 0 Å². The zero-order valence-electron chi connectivity index (χ0n) is 19.4. The first-order valence-corrected chi connectivity index (χ1v) is 10.7. The van der Waals surface area contributed by atoms with Gasteiger partial charge in [-0.1, -0.05) is 0 Å². The number of hydrogen-bond donors (Lipinski definition) is 1. The van der Waals surface area contributed by atoms with Gasteiger partial charge in [-0.05, 0) is 25.1 Å². The largest absolute Gasteiger partial charge is 0.490 e. The molecule has 0 aliphatic carbocycles. The minimum atomic E-state index is -1.05. The summed E-state index contributed by atoms with van der Waals surface area (Å²) in [4.78, 5) is 34.4. The summed E-state index contributed by atoms with van der Waals surface area (Å²) in [7, 11) is 3.29. The molecule has 0 aliphatic rings. The van der Waals surface area contributed by atoms with E-state index in [0.29, 0.717) is 40.6 Å². The summed E-state index contributed by atoms with van der Waals surface area (Å²) in [6.45, 7) is 2.16. The van der Waals surface area contributed by atoms with Crippen molar-refractivity contribution in [2.24, 2.45) is 12.9 Å². The van der Waals surface area contributed by atoms with Crippen LogP contribution in [0.1, 0.15) is 13.0 Å². The van der Waals surface area contributed by atoms with Crippen molar-refractivity contribution in [3.05, 3.63) is 65.4 Å². The highest BCUT2D eigenvalue weighted by atomic mass is 19.1. The third-order valence-electron chi connectivity index (χ3n) is 5.41. The SMILES string of the molecule is COCCOc1cnc2ccn([C@H](C)C(=O)N(N)c3ncc(-c4cnn(C)c4)cc3F)c(=O)c2c1. The number of anilines is 1. The number of carbonyl (C=O) groups is 1. The van der Waals surface area contributed by atoms with Crippen LogP contribution in [0.15, 0.2) is 54.0 Å². The lowest BCUT2D eigenvalue weighted by Gasteiger charge is -2.22. The summed E-state index contributed by atoms with van der Waals surface area (Å²) < 4.78 is 28.1. The number of rotatable bonds is 8. The fourth-order valence-electron chi connectivity index (χ4n) is 3.51. The van der Waals surface area contributed by atoms with Crippen LogP contribution in [0.5, 0.6) is 5.75 Å². The summed E-state index contributed by atoms with van der Waals surface area (Å²) in [6.07, 6.45) is 7.61. The molecule has 0 aliphatic heterocycles. The van der Waals surface area contributed by atoms with Crippen LogP contribution in [0, 0.1) is 5.82 Å². The van der Waals surface area contributed by atoms with Gasteiger partial charge in [0.05, 0.1) is 29.9 Å². The molecule has 4 aromatic heterocycles. The quantitative estimate of drug-likeness (QED) is 0.175. The van der Waals surface area contributed by atoms with Crippen molar-refractivity contribution in [3.63, 3.8) is 0 Å². The zero-order chi connectivity index (χ0) is 25.1. The molecular weight excluding hydrogens is 457 g/mol. The number of nitrogens with zero attached hydrogens (tertiary/aromatic N) is 6. The average Bonchev–Trinajstić information content (AvgIpc) is 3.29. The Morgan fingerprint density at radius 3 is 2.69 bits per heavy atom. The Hall–Kier alpha value is -4.16. The topological polar surface area (TPSA) is 130 Å². The third-order valence-corrected chi connectivity index (χ3v) is 5.41. The molecule has 0 radical (unpaired) electrons. The van der Waals surface area contributed by atoms with E-state index in [2.05, 4.69) is 15.1 Å². The maximum Gasteiger partial charge on any atom is 0.265 e. The van der Waals surface area contributed by atoms with Gasteiger partial charge in [0.25, 0.3) is 11.5 Å². The molecule has 4 aromatic rings. The monoisotopic (exact) mass is 481 g/mol. The van der Waals surface area contributed by atoms with E-state index < -0.39 is 23.3 Å². The Morgan fingerprint density at radius 1 is 1.20 bits per heavy atom. The molecule has 11 nitrogen and oxygen atoms in total. The number of hydrogen-bond acceptors (Lipinski definition) is 8. The smallest absolute Gasteiger partial charge is 0.265 e. The van der Waals surface area contributed by atoms with Crippen LogP contribution in [-0.2, 0) is 16.6 Å². The van der Waals surface area contributed by atoms with Crippen molar-refractivity contribution < 1.29 is 18.7 Å². The van der Waals surface area contributed by atoms with E-state index in [-0.39, 0.29) is 11.2 Å². The molecule has 12 heteroatoms. The maximum absolute atomic E-state index is 14.8. The Bertz CT molecular complexity index is 1440. The number of aromatic nitrogens is 5. The van der Waals surface area contributed by atoms with Crippen molar-refractivity contribution in [1.82, 2.24) is 24.3 Å². The molecule has 4 heterocycles. The molecule has 1 atom stereocenters. The second-order valence-electron chi connectivity index (χ2n) is 7.79. The van der Waals surface area contributed by atoms with E-state index in [4.69, 9.17) is 15.3 Å². The van der Waals surface area contributed by atoms with Gasteiger partial charge in [0.15, 0.2) is 11.6 Å². The van der Waals surface area contributed by atoms with Gasteiger partial charge < -0.3 is 14.0 Å². The molecule has 0 spiro atoms. The number of amides is 1. The van der Waals surface area contributed by atoms with Gasteiger partial charge in [0, 0.05) is 43.9 Å². The Kier molecular flexibility index (Phi) is 6.85. The van der Waals surface area contributed by atoms with Gasteiger partial charge in [0.2, 0.25) is 0 Å². The van der Waals surface area contributed by atoms with Gasteiger partial charge in [-0.25, -0.2) is 20.2 Å². The zero-order valence-corrected chi connectivity index (χ0v) is 19.4. The molecule has 0 fully saturated rings. The van der Waals surface area contributed by atoms with E-state index in [1.54, 1.807) is 43.4 Å². The second kappa shape index (κ2) is 9.99. The fourth-order valence-corrected chi connectivity index (χ4v) is 3.51. The molecule has 0 bridgehead atoms. The molecule has 0 saturated carbocycles. The van der Waals surface area contributed by atoms with Crippen molar-refractivity contribution in [2.45, 2.75) is 13.0 Å². The number of nitrogens with two attached hydrogens (primary N) is 1. The number of fused-ring (bicyclic) bond motifs is 1. The number of carbonyl (C=O) groups excluding carboxylic acids is 1. The van der Waals surface area contributed by atoms with Gasteiger partial charge in [-0.15, -0.1) is 0 Å². The standard InChI is InChI=1S/C23H24FN7O4/c1-14(30-5-4-20-18(23(30)33)9-17(12-26-20)35-7-6-34-3)22(32)31(25)21-19(24)8-15(10-27-21)16-11-28-29(2)13-16/h4-5,8-14H,6-7,25H2,1-3H3/t14-/m1/s1. The van der Waals surface area contributed by atoms with Crippen LogP contribution in [0.2, 0.25) is 0 Å². The number of pyridine rings is 3. The van der Waals surface area contributed by atoms with Crippen LogP contribution >= 0.6 is 0 Å². The molecule has 1 amide bonds. The molecule has 4 rings (SSSR count). The van der Waals surface area contributed by atoms with E-state index in [9.17, 15) is 14.0 Å². The van der Waals surface area contributed by atoms with Crippen LogP contribution in [0.4, 0.5) is 10.2 Å². The fraction of sp³-hybridized carbons (Fsp3) is 0.261. The predicted octanol–water partition coefficient (Wildman–Crippen LogP) is 1.82. The lowest BCUT2D eigenvalue weighted by Crippen LogP contribution is -2.44. The number of aryl methyl sites for hydroxylation is 1. The molecule has 182 valence electrons. The summed E-state index contributed by atoms with van der Waals surface area (Å²) in [5.41, 5.74) is 1.11. The van der Waals surface area contributed by atoms with Crippen molar-refractivity contribution in [3.8, 4) is 16.9 Å². The van der Waals surface area contributed by atoms with Gasteiger partial charge in [-0.3, -0.25) is 19.3 Å². The van der Waals surface area contributed by atoms with Gasteiger partial charge in [-0.2, -0.15) is 5.10 Å². The Balaban J connectivity index is 1.59. The first kappa shape index (κ1) is 24.0. The number of hydrazine groups is 1. The lowest BCUT2D eigenvalue weighted by atomic mass is 10.1. The van der Waals surface area contributed by atoms with Crippen LogP contribution < -0.4 is 21.1 Å². The van der Waals surface area contributed by atoms with Crippen LogP contribution in [0.25, 0.3) is 22.0 Å². The number of ether oxygens (including phenoxy) is 2. The van der Waals surface area contributed by atoms with E-state index in [0.717, 1.165) is 0 Å². The highest BCUT2D eigenvalue weighted by Crippen LogP contribution is 2.24. The van der Waals surface area contributed by atoms with Crippen LogP contribution in [-0.4, -0.2) is 50.5 Å². The average molecular weight is 481 g/mol. The van der Waals surface area contributed by atoms with Gasteiger partial charge in [0.1, 0.15) is 18.4 Å². The summed E-state index contributed by atoms with van der Waals surface area (Å²) >= 11 is 0. The summed E-state index contributed by atoms with van der Waals surface area (Å²) in [6, 6.07) is 3.32. The number of halogens is 1. The molecular formula is C23H24FN7O4. The van der Waals surface area contributed by atoms with E-state index >= 15 is 0 Å². The first-order chi connectivity index (χ1) is 16.8. The normalized spacial score (nSPS) is 12.0. The second-order valence-corrected chi connectivity index (χ2v) is 7.79. The molecule has 35 heavy (non-hydrogen) atoms. The van der Waals surface area contributed by atoms with E-state index in [1.807, 2.05) is 0 Å². The molecule has 2 N–H and O–H groups in total. The highest BCUT2D eigenvalue weighted by molar-refractivity contribution is 5.94. The predicted molar refractivity (Wildman–Crippen MR) is 126 cm³/mol. The molecule has 0 saturated heterocycles. The maximum atomic E-state index is 14.8. The Labute approximate surface area is 199 Å². The van der Waals surface area contributed by atoms with Crippen molar-refractivity contribution >= 4 is 22.6 Å². The molecule has 0 aromatic carbocycles. The van der Waals surface area contributed by atoms with E-state index in [1.165, 1.54) is 36.1 Å². The summed E-state index contributed by atoms with van der Waals surface area (Å²) in [5.74, 6) is 4.44. The minimum Gasteiger partial charge on any atom is -0.490 e. The van der Waals surface area contributed by atoms with Crippen LogP contribution in [0.3, 0.4) is 0 Å². The first-order valence-electron chi connectivity index (χ1n) is 10.7. The summed E-state index contributed by atoms with van der Waals surface area (Å²) in [5, 5.41) is 4.91. The third kappa shape index (κ3) is 4.88. The Morgan fingerprint density at radius 2 is 2.00 bits per heavy atom. The van der Waals surface area contributed by atoms with Crippen molar-refractivity contribution in [2.75, 3.05) is 25.3 Å². The lowest BCUT2D eigenvalue weighted by molar-refractivity contribution is -0.121. The molecule has 0 unspecified atom stereocenters.